The van der Waals surface area contributed by atoms with Crippen LogP contribution in [0.25, 0.3) is 16.9 Å². The Kier molecular flexibility index (Phi) is 2.11. The number of hydrogen-bond donors (Lipinski definition) is 1. The summed E-state index contributed by atoms with van der Waals surface area (Å²) in [6.07, 6.45) is 3.94. The largest absolute Gasteiger partial charge is 0.398 e. The molecule has 2 N–H and O–H groups in total. The van der Waals surface area contributed by atoms with Crippen LogP contribution in [0, 0.1) is 6.92 Å². The molecule has 0 amide bonds. The average Bonchev–Trinajstić information content (AvgIpc) is 2.72. The van der Waals surface area contributed by atoms with Crippen LogP contribution in [0.3, 0.4) is 0 Å². The van der Waals surface area contributed by atoms with E-state index in [0.717, 1.165) is 22.6 Å². The van der Waals surface area contributed by atoms with Crippen LogP contribution in [0.2, 0.25) is 0 Å². The van der Waals surface area contributed by atoms with Crippen molar-refractivity contribution in [2.24, 2.45) is 0 Å². The molecule has 3 nitrogen and oxygen atoms in total. The molecule has 17 heavy (non-hydrogen) atoms. The Bertz CT molecular complexity index is 683. The van der Waals surface area contributed by atoms with Crippen LogP contribution in [0.4, 0.5) is 5.69 Å². The van der Waals surface area contributed by atoms with E-state index in [1.807, 2.05) is 30.5 Å². The lowest BCUT2D eigenvalue weighted by Crippen LogP contribution is -1.94. The van der Waals surface area contributed by atoms with Crippen molar-refractivity contribution in [1.29, 1.82) is 0 Å². The number of hydrogen-bond acceptors (Lipinski definition) is 2. The molecule has 0 unspecified atom stereocenters. The fraction of sp³-hybridized carbons (Fsp3) is 0.0714. The van der Waals surface area contributed by atoms with Gasteiger partial charge in [0.1, 0.15) is 5.82 Å². The summed E-state index contributed by atoms with van der Waals surface area (Å²) in [7, 11) is 0. The number of nitrogen functional groups attached to an aromatic ring is 1. The van der Waals surface area contributed by atoms with Gasteiger partial charge in [-0.15, -0.1) is 0 Å². The van der Waals surface area contributed by atoms with Crippen LogP contribution in [-0.4, -0.2) is 9.38 Å². The number of imidazole rings is 1. The summed E-state index contributed by atoms with van der Waals surface area (Å²) in [5.74, 6) is 0.891. The number of aryl methyl sites for hydroxylation is 1. The molecule has 0 aliphatic heterocycles. The van der Waals surface area contributed by atoms with Crippen LogP contribution in [0.1, 0.15) is 5.56 Å². The van der Waals surface area contributed by atoms with Crippen LogP contribution in [-0.2, 0) is 0 Å². The number of aromatic nitrogens is 2. The first-order chi connectivity index (χ1) is 8.25. The number of anilines is 1. The summed E-state index contributed by atoms with van der Waals surface area (Å²) in [6, 6.07) is 11.9. The Morgan fingerprint density at radius 2 is 1.94 bits per heavy atom. The minimum atomic E-state index is 0.751. The molecule has 0 aliphatic carbocycles. The number of nitrogens with zero attached hydrogens (tertiary/aromatic N) is 2. The highest BCUT2D eigenvalue weighted by atomic mass is 15.0. The Morgan fingerprint density at radius 3 is 2.76 bits per heavy atom. The summed E-state index contributed by atoms with van der Waals surface area (Å²) in [6.45, 7) is 2.07. The van der Waals surface area contributed by atoms with Gasteiger partial charge in [0.2, 0.25) is 0 Å². The second-order valence-corrected chi connectivity index (χ2v) is 4.17. The first kappa shape index (κ1) is 9.90. The smallest absolute Gasteiger partial charge is 0.146 e. The third-order valence-electron chi connectivity index (χ3n) is 2.88. The molecule has 3 rings (SSSR count). The van der Waals surface area contributed by atoms with Gasteiger partial charge >= 0.3 is 0 Å². The Labute approximate surface area is 99.5 Å². The molecular formula is C14H13N3. The molecule has 1 aromatic carbocycles. The van der Waals surface area contributed by atoms with Gasteiger partial charge in [-0.3, -0.25) is 4.40 Å². The van der Waals surface area contributed by atoms with Gasteiger partial charge in [0.15, 0.2) is 0 Å². The molecule has 2 heterocycles. The third-order valence-corrected chi connectivity index (χ3v) is 2.88. The zero-order valence-corrected chi connectivity index (χ0v) is 9.59. The van der Waals surface area contributed by atoms with Crippen LogP contribution < -0.4 is 5.73 Å². The number of para-hydroxylation sites is 1. The van der Waals surface area contributed by atoms with Crippen molar-refractivity contribution < 1.29 is 0 Å². The van der Waals surface area contributed by atoms with Gasteiger partial charge in [0.25, 0.3) is 0 Å². The summed E-state index contributed by atoms with van der Waals surface area (Å²) < 4.78 is 2.07. The molecular weight excluding hydrogens is 210 g/mol. The van der Waals surface area contributed by atoms with Gasteiger partial charge in [-0.05, 0) is 30.7 Å². The third kappa shape index (κ3) is 1.56. The Hall–Kier alpha value is -2.29. The van der Waals surface area contributed by atoms with Crippen molar-refractivity contribution in [2.75, 3.05) is 5.73 Å². The van der Waals surface area contributed by atoms with E-state index in [9.17, 15) is 0 Å². The van der Waals surface area contributed by atoms with Crippen molar-refractivity contribution in [3.05, 3.63) is 54.4 Å². The van der Waals surface area contributed by atoms with Gasteiger partial charge in [0, 0.05) is 17.4 Å². The summed E-state index contributed by atoms with van der Waals surface area (Å²) in [5, 5.41) is 0. The van der Waals surface area contributed by atoms with Crippen molar-refractivity contribution in [1.82, 2.24) is 9.38 Å². The van der Waals surface area contributed by atoms with Crippen molar-refractivity contribution in [3.63, 3.8) is 0 Å². The minimum absolute atomic E-state index is 0.751. The summed E-state index contributed by atoms with van der Waals surface area (Å²) >= 11 is 0. The fourth-order valence-electron chi connectivity index (χ4n) is 2.00. The highest BCUT2D eigenvalue weighted by Gasteiger charge is 2.08. The van der Waals surface area contributed by atoms with Crippen molar-refractivity contribution in [3.8, 4) is 11.4 Å². The highest BCUT2D eigenvalue weighted by molar-refractivity contribution is 5.73. The molecule has 0 spiro atoms. The molecule has 0 radical (unpaired) electrons. The zero-order valence-electron chi connectivity index (χ0n) is 9.59. The van der Waals surface area contributed by atoms with Crippen molar-refractivity contribution in [2.45, 2.75) is 6.92 Å². The van der Waals surface area contributed by atoms with E-state index in [2.05, 4.69) is 34.6 Å². The standard InChI is InChI=1S/C14H13N3/c1-10-6-7-11-8-16-14(17(11)9-10)12-4-2-3-5-13(12)15/h2-9H,15H2,1H3. The number of benzene rings is 1. The maximum Gasteiger partial charge on any atom is 0.146 e. The lowest BCUT2D eigenvalue weighted by molar-refractivity contribution is 1.14. The van der Waals surface area contributed by atoms with Crippen LogP contribution in [0.15, 0.2) is 48.8 Å². The monoisotopic (exact) mass is 223 g/mol. The van der Waals surface area contributed by atoms with E-state index in [0.29, 0.717) is 0 Å². The topological polar surface area (TPSA) is 43.3 Å². The molecule has 84 valence electrons. The van der Waals surface area contributed by atoms with E-state index < -0.39 is 0 Å². The molecule has 3 heteroatoms. The van der Waals surface area contributed by atoms with Gasteiger partial charge in [-0.25, -0.2) is 4.98 Å². The van der Waals surface area contributed by atoms with E-state index in [1.54, 1.807) is 0 Å². The predicted octanol–water partition coefficient (Wildman–Crippen LogP) is 2.89. The number of rotatable bonds is 1. The molecule has 0 atom stereocenters. The fourth-order valence-corrected chi connectivity index (χ4v) is 2.00. The van der Waals surface area contributed by atoms with Crippen LogP contribution in [0.5, 0.6) is 0 Å². The molecule has 2 aromatic heterocycles. The number of fused-ring (bicyclic) bond motifs is 1. The predicted molar refractivity (Wildman–Crippen MR) is 69.8 cm³/mol. The van der Waals surface area contributed by atoms with Crippen LogP contribution >= 0.6 is 0 Å². The van der Waals surface area contributed by atoms with E-state index in [-0.39, 0.29) is 0 Å². The second-order valence-electron chi connectivity index (χ2n) is 4.17. The normalized spacial score (nSPS) is 10.9. The molecule has 0 fully saturated rings. The van der Waals surface area contributed by atoms with E-state index in [1.165, 1.54) is 5.56 Å². The molecule has 0 saturated carbocycles. The van der Waals surface area contributed by atoms with Gasteiger partial charge in [-0.2, -0.15) is 0 Å². The molecule has 0 saturated heterocycles. The summed E-state index contributed by atoms with van der Waals surface area (Å²) in [5.41, 5.74) is 9.99. The number of nitrogens with two attached hydrogens (primary N) is 1. The Balaban J connectivity index is 2.31. The quantitative estimate of drug-likeness (QED) is 0.644. The first-order valence-corrected chi connectivity index (χ1v) is 5.54. The van der Waals surface area contributed by atoms with Gasteiger partial charge in [-0.1, -0.05) is 18.2 Å². The van der Waals surface area contributed by atoms with E-state index in [4.69, 9.17) is 5.73 Å². The SMILES string of the molecule is Cc1ccc2cnc(-c3ccccc3N)n2c1. The van der Waals surface area contributed by atoms with Crippen molar-refractivity contribution >= 4 is 11.2 Å². The first-order valence-electron chi connectivity index (χ1n) is 5.54. The Morgan fingerprint density at radius 1 is 1.12 bits per heavy atom. The lowest BCUT2D eigenvalue weighted by Gasteiger charge is -2.05. The maximum atomic E-state index is 5.99. The van der Waals surface area contributed by atoms with Gasteiger partial charge in [0.05, 0.1) is 11.7 Å². The highest BCUT2D eigenvalue weighted by Crippen LogP contribution is 2.25. The molecule has 0 aliphatic rings. The molecule has 0 bridgehead atoms. The number of pyridine rings is 1. The summed E-state index contributed by atoms with van der Waals surface area (Å²) in [4.78, 5) is 4.45. The van der Waals surface area contributed by atoms with E-state index >= 15 is 0 Å². The minimum Gasteiger partial charge on any atom is -0.398 e. The van der Waals surface area contributed by atoms with Gasteiger partial charge < -0.3 is 5.73 Å². The average molecular weight is 223 g/mol. The second kappa shape index (κ2) is 3.63. The lowest BCUT2D eigenvalue weighted by atomic mass is 10.1. The maximum absolute atomic E-state index is 5.99. The molecule has 3 aromatic rings. The zero-order chi connectivity index (χ0) is 11.8.